The molecule has 0 aliphatic carbocycles. The number of para-hydroxylation sites is 2. The molecule has 0 bridgehead atoms. The van der Waals surface area contributed by atoms with Gasteiger partial charge in [0.25, 0.3) is 5.91 Å². The number of likely N-dealkylation sites (N-methyl/N-ethyl adjacent to an activating group) is 1. The monoisotopic (exact) mass is 402 g/mol. The minimum Gasteiger partial charge on any atom is -0.322 e. The third-order valence-electron chi connectivity index (χ3n) is 4.78. The number of nitrogens with one attached hydrogen (secondary N) is 2. The van der Waals surface area contributed by atoms with Gasteiger partial charge in [-0.25, -0.2) is 14.2 Å². The van der Waals surface area contributed by atoms with E-state index in [1.165, 1.54) is 25.2 Å². The Morgan fingerprint density at radius 3 is 2.43 bits per heavy atom. The van der Waals surface area contributed by atoms with Crippen LogP contribution in [-0.4, -0.2) is 35.8 Å². The summed E-state index contributed by atoms with van der Waals surface area (Å²) < 4.78 is 13.9. The van der Waals surface area contributed by atoms with Crippen molar-refractivity contribution in [2.75, 3.05) is 17.7 Å². The van der Waals surface area contributed by atoms with Gasteiger partial charge in [0.15, 0.2) is 0 Å². The fourth-order valence-electron chi connectivity index (χ4n) is 3.21. The predicted molar refractivity (Wildman–Crippen MR) is 114 cm³/mol. The Morgan fingerprint density at radius 2 is 1.67 bits per heavy atom. The largest absolute Gasteiger partial charge is 0.323 e. The highest BCUT2D eigenvalue weighted by Gasteiger charge is 2.31. The molecule has 1 atom stereocenters. The van der Waals surface area contributed by atoms with E-state index in [1.807, 2.05) is 48.5 Å². The van der Waals surface area contributed by atoms with E-state index in [-0.39, 0.29) is 5.69 Å². The van der Waals surface area contributed by atoms with Gasteiger partial charge in [0, 0.05) is 18.2 Å². The van der Waals surface area contributed by atoms with E-state index < -0.39 is 23.9 Å². The number of anilines is 2. The summed E-state index contributed by atoms with van der Waals surface area (Å²) in [4.78, 5) is 31.4. The van der Waals surface area contributed by atoms with Gasteiger partial charge in [-0.15, -0.1) is 0 Å². The summed E-state index contributed by atoms with van der Waals surface area (Å²) in [5.41, 5.74) is 2.78. The van der Waals surface area contributed by atoms with Crippen molar-refractivity contribution >= 4 is 29.0 Å². The maximum atomic E-state index is 13.9. The zero-order chi connectivity index (χ0) is 21.1. The van der Waals surface area contributed by atoms with Crippen LogP contribution in [0.25, 0.3) is 0 Å². The van der Waals surface area contributed by atoms with Crippen molar-refractivity contribution in [2.45, 2.75) is 6.17 Å². The molecule has 0 spiro atoms. The lowest BCUT2D eigenvalue weighted by atomic mass is 10.0. The summed E-state index contributed by atoms with van der Waals surface area (Å²) in [7, 11) is 1.45. The van der Waals surface area contributed by atoms with Gasteiger partial charge in [-0.2, -0.15) is 0 Å². The molecule has 1 unspecified atom stereocenters. The average Bonchev–Trinajstić information content (AvgIpc) is 2.91. The Bertz CT molecular complexity index is 1130. The third kappa shape index (κ3) is 3.77. The number of fused-ring (bicyclic) bond motifs is 1. The molecule has 4 rings (SSSR count). The SMILES string of the molecule is CN(C(=O)Nc1ccccc1F)C1N=C(c2ccccc2)c2ccccc2NC1=O. The maximum absolute atomic E-state index is 13.9. The quantitative estimate of drug-likeness (QED) is 0.692. The molecule has 0 saturated heterocycles. The molecular weight excluding hydrogens is 383 g/mol. The van der Waals surface area contributed by atoms with Gasteiger partial charge < -0.3 is 10.6 Å². The van der Waals surface area contributed by atoms with E-state index >= 15 is 0 Å². The number of hydrogen-bond donors (Lipinski definition) is 2. The number of urea groups is 1. The van der Waals surface area contributed by atoms with Crippen LogP contribution >= 0.6 is 0 Å². The molecular formula is C23H19FN4O2. The lowest BCUT2D eigenvalue weighted by Crippen LogP contribution is -2.45. The fourth-order valence-corrected chi connectivity index (χ4v) is 3.21. The molecule has 1 heterocycles. The Balaban J connectivity index is 1.71. The number of benzodiazepines with no additional fused rings is 1. The second-order valence-corrected chi connectivity index (χ2v) is 6.77. The highest BCUT2D eigenvalue weighted by atomic mass is 19.1. The number of amides is 3. The molecule has 6 nitrogen and oxygen atoms in total. The predicted octanol–water partition coefficient (Wildman–Crippen LogP) is 4.11. The number of carbonyl (C=O) groups is 2. The highest BCUT2D eigenvalue weighted by molar-refractivity contribution is 6.19. The molecule has 0 saturated carbocycles. The summed E-state index contributed by atoms with van der Waals surface area (Å²) in [5, 5.41) is 5.32. The second-order valence-electron chi connectivity index (χ2n) is 6.77. The number of rotatable bonds is 3. The van der Waals surface area contributed by atoms with Crippen LogP contribution < -0.4 is 10.6 Å². The van der Waals surface area contributed by atoms with E-state index in [4.69, 9.17) is 0 Å². The third-order valence-corrected chi connectivity index (χ3v) is 4.78. The first-order chi connectivity index (χ1) is 14.5. The van der Waals surface area contributed by atoms with Gasteiger partial charge in [0.1, 0.15) is 5.82 Å². The molecule has 30 heavy (non-hydrogen) atoms. The molecule has 3 aromatic rings. The van der Waals surface area contributed by atoms with Crippen LogP contribution in [0.3, 0.4) is 0 Å². The fraction of sp³-hybridized carbons (Fsp3) is 0.0870. The molecule has 0 radical (unpaired) electrons. The summed E-state index contributed by atoms with van der Waals surface area (Å²) in [6.07, 6.45) is -1.14. The Kier molecular flexibility index (Phi) is 5.26. The van der Waals surface area contributed by atoms with Gasteiger partial charge in [0.05, 0.1) is 17.1 Å². The normalized spacial score (nSPS) is 15.3. The zero-order valence-corrected chi connectivity index (χ0v) is 16.2. The van der Waals surface area contributed by atoms with Gasteiger partial charge in [-0.3, -0.25) is 9.69 Å². The van der Waals surface area contributed by atoms with E-state index in [0.717, 1.165) is 16.0 Å². The van der Waals surface area contributed by atoms with Crippen molar-refractivity contribution in [3.63, 3.8) is 0 Å². The highest BCUT2D eigenvalue weighted by Crippen LogP contribution is 2.25. The number of hydrogen-bond acceptors (Lipinski definition) is 3. The lowest BCUT2D eigenvalue weighted by molar-refractivity contribution is -0.119. The molecule has 7 heteroatoms. The van der Waals surface area contributed by atoms with Crippen LogP contribution in [0.5, 0.6) is 0 Å². The van der Waals surface area contributed by atoms with E-state index in [0.29, 0.717) is 11.4 Å². The zero-order valence-electron chi connectivity index (χ0n) is 16.2. The van der Waals surface area contributed by atoms with Gasteiger partial charge in [0.2, 0.25) is 6.17 Å². The van der Waals surface area contributed by atoms with E-state index in [1.54, 1.807) is 12.1 Å². The Morgan fingerprint density at radius 1 is 1.00 bits per heavy atom. The molecule has 150 valence electrons. The standard InChI is InChI=1S/C23H19FN4O2/c1-28(23(30)26-19-14-8-6-12-17(19)24)21-22(29)25-18-13-7-5-11-16(18)20(27-21)15-9-3-2-4-10-15/h2-14,21H,1H3,(H,25,29)(H,26,30). The molecule has 3 aromatic carbocycles. The summed E-state index contributed by atoms with van der Waals surface area (Å²) in [5.74, 6) is -1.02. The summed E-state index contributed by atoms with van der Waals surface area (Å²) in [6, 6.07) is 21.9. The number of carbonyl (C=O) groups excluding carboxylic acids is 2. The Labute approximate surface area is 173 Å². The van der Waals surface area contributed by atoms with E-state index in [2.05, 4.69) is 15.6 Å². The van der Waals surface area contributed by atoms with Crippen molar-refractivity contribution in [1.82, 2.24) is 4.90 Å². The lowest BCUT2D eigenvalue weighted by Gasteiger charge is -2.24. The number of benzene rings is 3. The molecule has 0 aromatic heterocycles. The second kappa shape index (κ2) is 8.16. The molecule has 1 aliphatic rings. The first-order valence-corrected chi connectivity index (χ1v) is 9.36. The molecule has 3 amide bonds. The van der Waals surface area contributed by atoms with Crippen molar-refractivity contribution < 1.29 is 14.0 Å². The van der Waals surface area contributed by atoms with Crippen molar-refractivity contribution in [2.24, 2.45) is 4.99 Å². The van der Waals surface area contributed by atoms with Crippen LogP contribution in [0, 0.1) is 5.82 Å². The van der Waals surface area contributed by atoms with Crippen LogP contribution in [0.4, 0.5) is 20.6 Å². The minimum absolute atomic E-state index is 0.0268. The van der Waals surface area contributed by atoms with Gasteiger partial charge in [-0.05, 0) is 18.2 Å². The number of aliphatic imine (C=N–C) groups is 1. The van der Waals surface area contributed by atoms with Crippen LogP contribution in [0.15, 0.2) is 83.9 Å². The van der Waals surface area contributed by atoms with Crippen molar-refractivity contribution in [1.29, 1.82) is 0 Å². The van der Waals surface area contributed by atoms with Gasteiger partial charge in [-0.1, -0.05) is 60.7 Å². The number of nitrogens with zero attached hydrogens (tertiary/aromatic N) is 2. The van der Waals surface area contributed by atoms with Crippen LogP contribution in [0.1, 0.15) is 11.1 Å². The number of halogens is 1. The summed E-state index contributed by atoms with van der Waals surface area (Å²) >= 11 is 0. The average molecular weight is 402 g/mol. The maximum Gasteiger partial charge on any atom is 0.323 e. The first-order valence-electron chi connectivity index (χ1n) is 9.36. The van der Waals surface area contributed by atoms with Crippen molar-refractivity contribution in [3.8, 4) is 0 Å². The smallest absolute Gasteiger partial charge is 0.322 e. The van der Waals surface area contributed by atoms with Gasteiger partial charge >= 0.3 is 6.03 Å². The van der Waals surface area contributed by atoms with Crippen LogP contribution in [0.2, 0.25) is 0 Å². The molecule has 0 fully saturated rings. The first kappa shape index (κ1) is 19.3. The topological polar surface area (TPSA) is 73.8 Å². The van der Waals surface area contributed by atoms with Crippen LogP contribution in [-0.2, 0) is 4.79 Å². The van der Waals surface area contributed by atoms with Crippen molar-refractivity contribution in [3.05, 3.63) is 95.8 Å². The Hall–Kier alpha value is -4.00. The summed E-state index contributed by atoms with van der Waals surface area (Å²) in [6.45, 7) is 0. The minimum atomic E-state index is -1.14. The molecule has 1 aliphatic heterocycles. The molecule has 2 N–H and O–H groups in total. The van der Waals surface area contributed by atoms with E-state index in [9.17, 15) is 14.0 Å².